The lowest BCUT2D eigenvalue weighted by Crippen LogP contribution is -2.12. The molecular weight excluding hydrogens is 420 g/mol. The van der Waals surface area contributed by atoms with Crippen LogP contribution < -0.4 is 5.32 Å². The monoisotopic (exact) mass is 433 g/mol. The number of carbonyl (C=O) groups excluding carboxylic acids is 1. The van der Waals surface area contributed by atoms with E-state index in [1.807, 2.05) is 35.7 Å². The molecule has 0 aliphatic heterocycles. The highest BCUT2D eigenvalue weighted by molar-refractivity contribution is 7.13. The Morgan fingerprint density at radius 1 is 0.968 bits per heavy atom. The van der Waals surface area contributed by atoms with E-state index in [0.29, 0.717) is 27.9 Å². The van der Waals surface area contributed by atoms with Gasteiger partial charge in [0, 0.05) is 28.3 Å². The fraction of sp³-hybridized carbons (Fsp3) is 0. The molecule has 5 nitrogen and oxygen atoms in total. The quantitative estimate of drug-likeness (QED) is 0.369. The van der Waals surface area contributed by atoms with Crippen LogP contribution in [-0.4, -0.2) is 16.0 Å². The number of aromatic nitrogens is 2. The number of rotatable bonds is 4. The molecule has 1 amide bonds. The predicted octanol–water partition coefficient (Wildman–Crippen LogP) is 6.15. The maximum atomic E-state index is 13.4. The zero-order valence-electron chi connectivity index (χ0n) is 15.8. The largest absolute Gasteiger partial charge is 0.356 e. The zero-order valence-corrected chi connectivity index (χ0v) is 16.6. The minimum Gasteiger partial charge on any atom is -0.356 e. The van der Waals surface area contributed by atoms with Gasteiger partial charge < -0.3 is 9.84 Å². The summed E-state index contributed by atoms with van der Waals surface area (Å²) < 4.78 is 32.2. The highest BCUT2D eigenvalue weighted by Crippen LogP contribution is 2.33. The number of hydrogen-bond donors (Lipinski definition) is 1. The van der Waals surface area contributed by atoms with Gasteiger partial charge in [-0.1, -0.05) is 35.5 Å². The molecule has 0 radical (unpaired) electrons. The minimum absolute atomic E-state index is 0.0279. The maximum absolute atomic E-state index is 13.4. The van der Waals surface area contributed by atoms with E-state index in [-0.39, 0.29) is 5.69 Å². The second kappa shape index (κ2) is 7.73. The average Bonchev–Trinajstić information content (AvgIpc) is 3.40. The van der Waals surface area contributed by atoms with Crippen molar-refractivity contribution >= 4 is 33.9 Å². The van der Waals surface area contributed by atoms with Crippen LogP contribution in [-0.2, 0) is 0 Å². The number of carbonyl (C=O) groups is 1. The van der Waals surface area contributed by atoms with Gasteiger partial charge in [-0.3, -0.25) is 4.79 Å². The third-order valence-electron chi connectivity index (χ3n) is 4.62. The number of anilines is 1. The van der Waals surface area contributed by atoms with Crippen LogP contribution in [0.25, 0.3) is 32.9 Å². The first-order valence-corrected chi connectivity index (χ1v) is 10.1. The summed E-state index contributed by atoms with van der Waals surface area (Å²) in [6, 6.07) is 17.4. The summed E-state index contributed by atoms with van der Waals surface area (Å²) >= 11 is 1.48. The van der Waals surface area contributed by atoms with Crippen molar-refractivity contribution in [3.8, 4) is 22.0 Å². The highest BCUT2D eigenvalue weighted by Gasteiger charge is 2.17. The number of nitrogens with zero attached hydrogens (tertiary/aromatic N) is 2. The number of fused-ring (bicyclic) bond motifs is 1. The van der Waals surface area contributed by atoms with Gasteiger partial charge >= 0.3 is 0 Å². The topological polar surface area (TPSA) is 68.0 Å². The summed E-state index contributed by atoms with van der Waals surface area (Å²) in [5, 5.41) is 9.95. The van der Waals surface area contributed by atoms with Crippen LogP contribution in [0.3, 0.4) is 0 Å². The Morgan fingerprint density at radius 3 is 2.52 bits per heavy atom. The van der Waals surface area contributed by atoms with Crippen LogP contribution in [0.15, 0.2) is 76.6 Å². The van der Waals surface area contributed by atoms with E-state index in [0.717, 1.165) is 28.8 Å². The molecule has 0 aliphatic rings. The number of halogens is 2. The Balaban J connectivity index is 1.47. The molecule has 3 aromatic carbocycles. The number of hydrogen-bond acceptors (Lipinski definition) is 5. The van der Waals surface area contributed by atoms with Crippen molar-refractivity contribution in [1.82, 2.24) is 10.1 Å². The molecule has 31 heavy (non-hydrogen) atoms. The van der Waals surface area contributed by atoms with E-state index in [1.54, 1.807) is 18.2 Å². The first-order valence-electron chi connectivity index (χ1n) is 9.25. The van der Waals surface area contributed by atoms with Gasteiger partial charge in [0.2, 0.25) is 0 Å². The fourth-order valence-corrected chi connectivity index (χ4v) is 4.00. The van der Waals surface area contributed by atoms with Gasteiger partial charge in [0.05, 0.1) is 5.39 Å². The van der Waals surface area contributed by atoms with Crippen molar-refractivity contribution < 1.29 is 18.1 Å². The molecule has 0 saturated heterocycles. The number of benzene rings is 3. The van der Waals surface area contributed by atoms with E-state index in [1.165, 1.54) is 11.3 Å². The van der Waals surface area contributed by atoms with E-state index in [2.05, 4.69) is 15.5 Å². The molecule has 0 saturated carbocycles. The summed E-state index contributed by atoms with van der Waals surface area (Å²) in [5.41, 5.74) is 2.96. The van der Waals surface area contributed by atoms with E-state index < -0.39 is 17.5 Å². The average molecular weight is 433 g/mol. The molecule has 2 aromatic heterocycles. The molecular formula is C23H13F2N3O2S. The Bertz CT molecular complexity index is 1390. The van der Waals surface area contributed by atoms with Crippen molar-refractivity contribution in [1.29, 1.82) is 0 Å². The van der Waals surface area contributed by atoms with Gasteiger partial charge in [0.1, 0.15) is 28.0 Å². The van der Waals surface area contributed by atoms with Crippen molar-refractivity contribution in [2.45, 2.75) is 0 Å². The SMILES string of the molecule is O=C(Nc1cc(F)cc(F)c1)c1ccc2onc(-c3csc(-c4ccccc4)n3)c2c1. The molecule has 0 unspecified atom stereocenters. The van der Waals surface area contributed by atoms with Gasteiger partial charge in [-0.05, 0) is 30.3 Å². The van der Waals surface area contributed by atoms with Gasteiger partial charge in [-0.2, -0.15) is 0 Å². The molecule has 8 heteroatoms. The maximum Gasteiger partial charge on any atom is 0.255 e. The lowest BCUT2D eigenvalue weighted by atomic mass is 10.1. The predicted molar refractivity (Wildman–Crippen MR) is 115 cm³/mol. The third kappa shape index (κ3) is 3.80. The van der Waals surface area contributed by atoms with Crippen molar-refractivity contribution in [2.75, 3.05) is 5.32 Å². The molecule has 0 bridgehead atoms. The molecule has 152 valence electrons. The van der Waals surface area contributed by atoms with Crippen molar-refractivity contribution in [3.05, 3.63) is 89.3 Å². The van der Waals surface area contributed by atoms with E-state index in [9.17, 15) is 13.6 Å². The van der Waals surface area contributed by atoms with Crippen molar-refractivity contribution in [3.63, 3.8) is 0 Å². The number of nitrogens with one attached hydrogen (secondary N) is 1. The van der Waals surface area contributed by atoms with Crippen LogP contribution in [0.2, 0.25) is 0 Å². The van der Waals surface area contributed by atoms with Crippen molar-refractivity contribution in [2.24, 2.45) is 0 Å². The molecule has 2 heterocycles. The fourth-order valence-electron chi connectivity index (χ4n) is 3.19. The van der Waals surface area contributed by atoms with E-state index >= 15 is 0 Å². The first kappa shape index (κ1) is 19.1. The summed E-state index contributed by atoms with van der Waals surface area (Å²) in [6.45, 7) is 0. The van der Waals surface area contributed by atoms with Gasteiger partial charge in [-0.25, -0.2) is 13.8 Å². The van der Waals surface area contributed by atoms with Crippen LogP contribution in [0, 0.1) is 11.6 Å². The normalized spacial score (nSPS) is 11.0. The Kier molecular flexibility index (Phi) is 4.76. The lowest BCUT2D eigenvalue weighted by molar-refractivity contribution is 0.102. The minimum atomic E-state index is -0.773. The van der Waals surface area contributed by atoms with Gasteiger partial charge in [0.15, 0.2) is 5.58 Å². The molecule has 1 N–H and O–H groups in total. The summed E-state index contributed by atoms with van der Waals surface area (Å²) in [6.07, 6.45) is 0. The van der Waals surface area contributed by atoms with Gasteiger partial charge in [-0.15, -0.1) is 11.3 Å². The molecule has 0 aliphatic carbocycles. The van der Waals surface area contributed by atoms with Crippen LogP contribution in [0.5, 0.6) is 0 Å². The first-order chi connectivity index (χ1) is 15.1. The summed E-state index contributed by atoms with van der Waals surface area (Å²) in [4.78, 5) is 17.3. The summed E-state index contributed by atoms with van der Waals surface area (Å²) in [7, 11) is 0. The van der Waals surface area contributed by atoms with Crippen LogP contribution >= 0.6 is 11.3 Å². The molecule has 0 fully saturated rings. The second-order valence-electron chi connectivity index (χ2n) is 6.76. The van der Waals surface area contributed by atoms with Gasteiger partial charge in [0.25, 0.3) is 5.91 Å². The highest BCUT2D eigenvalue weighted by atomic mass is 32.1. The van der Waals surface area contributed by atoms with Crippen LogP contribution in [0.4, 0.5) is 14.5 Å². The second-order valence-corrected chi connectivity index (χ2v) is 7.62. The molecule has 0 atom stereocenters. The smallest absolute Gasteiger partial charge is 0.255 e. The third-order valence-corrected chi connectivity index (χ3v) is 5.51. The lowest BCUT2D eigenvalue weighted by Gasteiger charge is -2.06. The summed E-state index contributed by atoms with van der Waals surface area (Å²) in [5.74, 6) is -2.06. The van der Waals surface area contributed by atoms with Crippen LogP contribution in [0.1, 0.15) is 10.4 Å². The number of amides is 1. The Morgan fingerprint density at radius 2 is 1.74 bits per heavy atom. The Hall–Kier alpha value is -3.91. The zero-order chi connectivity index (χ0) is 21.4. The van der Waals surface area contributed by atoms with E-state index in [4.69, 9.17) is 4.52 Å². The number of thiazole rings is 1. The molecule has 5 aromatic rings. The standard InChI is InChI=1S/C23H13F2N3O2S/c24-15-9-16(25)11-17(10-15)26-22(29)14-6-7-20-18(8-14)21(28-30-20)19-12-31-23(27-19)13-4-2-1-3-5-13/h1-12H,(H,26,29). The molecule has 5 rings (SSSR count). The Labute approximate surface area is 179 Å². The molecule has 0 spiro atoms.